The van der Waals surface area contributed by atoms with E-state index in [0.717, 1.165) is 50.0 Å². The van der Waals surface area contributed by atoms with Gasteiger partial charge < -0.3 is 0 Å². The van der Waals surface area contributed by atoms with E-state index in [1.54, 1.807) is 22.8 Å². The highest BCUT2D eigenvalue weighted by atomic mass is 28.3. The third-order valence-electron chi connectivity index (χ3n) is 13.1. The summed E-state index contributed by atoms with van der Waals surface area (Å²) in [6, 6.07) is 40.1. The van der Waals surface area contributed by atoms with Crippen LogP contribution in [-0.4, -0.2) is 22.2 Å². The van der Waals surface area contributed by atoms with Crippen LogP contribution in [-0.2, 0) is 5.41 Å². The lowest BCUT2D eigenvalue weighted by molar-refractivity contribution is -0.571. The Kier molecular flexibility index (Phi) is 6.73. The van der Waals surface area contributed by atoms with Gasteiger partial charge in [0.25, 0.3) is 6.33 Å². The molecular formula is C60H48N4Si. The number of rotatable bonds is 6. The lowest BCUT2D eigenvalue weighted by atomic mass is 9.88. The van der Waals surface area contributed by atoms with Crippen LogP contribution in [0.25, 0.3) is 94.5 Å². The first kappa shape index (κ1) is 29.7. The zero-order valence-corrected chi connectivity index (χ0v) is 37.6. The molecule has 0 fully saturated rings. The van der Waals surface area contributed by atoms with Gasteiger partial charge in [-0.15, -0.1) is 0 Å². The van der Waals surface area contributed by atoms with Crippen LogP contribution in [0.5, 0.6) is 0 Å². The van der Waals surface area contributed by atoms with Crippen molar-refractivity contribution >= 4 is 51.3 Å². The number of para-hydroxylation sites is 4. The van der Waals surface area contributed by atoms with E-state index < -0.39 is 68.5 Å². The second-order valence-electron chi connectivity index (χ2n) is 18.3. The molecule has 65 heavy (non-hydrogen) atoms. The van der Waals surface area contributed by atoms with Crippen LogP contribution in [0.3, 0.4) is 0 Å². The summed E-state index contributed by atoms with van der Waals surface area (Å²) in [6.45, 7) is 11.4. The molecule has 0 bridgehead atoms. The number of nitrogens with zero attached hydrogens (tertiary/aromatic N) is 4. The topological polar surface area (TPSA) is 26.6 Å². The van der Waals surface area contributed by atoms with Gasteiger partial charge in [0.2, 0.25) is 0 Å². The van der Waals surface area contributed by atoms with Crippen molar-refractivity contribution in [2.75, 3.05) is 0 Å². The van der Waals surface area contributed by atoms with Crippen molar-refractivity contribution in [3.05, 3.63) is 212 Å². The average molecular weight is 863 g/mol. The smallest absolute Gasteiger partial charge is 0.269 e. The molecule has 11 aromatic rings. The molecule has 0 amide bonds. The maximum absolute atomic E-state index is 9.12. The third kappa shape index (κ3) is 6.17. The summed E-state index contributed by atoms with van der Waals surface area (Å²) in [5.74, 6) is 0.858. The maximum Gasteiger partial charge on any atom is 0.269 e. The first-order valence-electron chi connectivity index (χ1n) is 26.8. The fourth-order valence-corrected chi connectivity index (χ4v) is 13.0. The SMILES string of the molecule is [2H]c1c([2H])c([2H])c(-c2cccc(-c3c([2H])c([2H])c([2H])c([2H])c3[2H])c2-[n+]2[c-]n(-c3ccc4c(c3)-c3c(-c5ccc6c7ccccc7n(-c7cc(C(C)(C)C)ccn7)c6c5)cccc3[Si]4(C)C)c3ccccc32)c([2H])c1[2H]. The number of aromatic nitrogens is 4. The molecule has 4 heterocycles. The molecule has 0 radical (unpaired) electrons. The molecule has 8 aromatic carbocycles. The van der Waals surface area contributed by atoms with Gasteiger partial charge in [0.05, 0.1) is 47.1 Å². The zero-order chi connectivity index (χ0) is 52.7. The average Bonchev–Trinajstić information content (AvgIpc) is 4.04. The molecule has 0 spiro atoms. The number of imidazole rings is 1. The fourth-order valence-electron chi connectivity index (χ4n) is 9.94. The highest BCUT2D eigenvalue weighted by Crippen LogP contribution is 2.41. The summed E-state index contributed by atoms with van der Waals surface area (Å²) >= 11 is 0. The Balaban J connectivity index is 1.09. The fraction of sp³-hybridized carbons (Fsp3) is 0.100. The minimum absolute atomic E-state index is 0.0736. The van der Waals surface area contributed by atoms with Gasteiger partial charge in [-0.3, -0.25) is 13.7 Å². The van der Waals surface area contributed by atoms with Crippen molar-refractivity contribution in [3.8, 4) is 61.7 Å². The summed E-state index contributed by atoms with van der Waals surface area (Å²) in [5, 5.41) is 4.88. The predicted molar refractivity (Wildman–Crippen MR) is 273 cm³/mol. The first-order chi connectivity index (χ1) is 35.8. The molecule has 3 aromatic heterocycles. The van der Waals surface area contributed by atoms with Crippen LogP contribution in [0, 0.1) is 6.33 Å². The van der Waals surface area contributed by atoms with Gasteiger partial charge in [-0.2, -0.15) is 0 Å². The van der Waals surface area contributed by atoms with Gasteiger partial charge in [-0.1, -0.05) is 191 Å². The van der Waals surface area contributed by atoms with E-state index in [9.17, 15) is 0 Å². The summed E-state index contributed by atoms with van der Waals surface area (Å²) < 4.78 is 93.8. The van der Waals surface area contributed by atoms with E-state index in [-0.39, 0.29) is 33.4 Å². The molecule has 0 unspecified atom stereocenters. The Hall–Kier alpha value is -7.60. The Morgan fingerprint density at radius 2 is 1.23 bits per heavy atom. The van der Waals surface area contributed by atoms with Gasteiger partial charge in [-0.25, -0.2) is 4.98 Å². The van der Waals surface area contributed by atoms with E-state index in [1.807, 2.05) is 35.0 Å². The van der Waals surface area contributed by atoms with Crippen LogP contribution in [0.4, 0.5) is 0 Å². The van der Waals surface area contributed by atoms with Gasteiger partial charge in [-0.05, 0) is 102 Å². The molecule has 0 saturated heterocycles. The van der Waals surface area contributed by atoms with Gasteiger partial charge >= 0.3 is 0 Å². The first-order valence-corrected chi connectivity index (χ1v) is 24.8. The maximum atomic E-state index is 9.12. The Morgan fingerprint density at radius 1 is 0.569 bits per heavy atom. The van der Waals surface area contributed by atoms with Crippen molar-refractivity contribution in [2.24, 2.45) is 0 Å². The highest BCUT2D eigenvalue weighted by molar-refractivity contribution is 7.04. The van der Waals surface area contributed by atoms with E-state index in [0.29, 0.717) is 11.0 Å². The second-order valence-corrected chi connectivity index (χ2v) is 22.6. The summed E-state index contributed by atoms with van der Waals surface area (Å²) in [5.41, 5.74) is 10.2. The van der Waals surface area contributed by atoms with Gasteiger partial charge in [0, 0.05) is 17.0 Å². The lowest BCUT2D eigenvalue weighted by Crippen LogP contribution is -2.49. The van der Waals surface area contributed by atoms with Gasteiger partial charge in [0.1, 0.15) is 13.9 Å². The van der Waals surface area contributed by atoms with Crippen molar-refractivity contribution in [2.45, 2.75) is 39.3 Å². The Bertz CT molecular complexity index is 4140. The number of benzene rings is 8. The van der Waals surface area contributed by atoms with E-state index in [1.165, 1.54) is 21.5 Å². The lowest BCUT2D eigenvalue weighted by Gasteiger charge is -2.20. The van der Waals surface area contributed by atoms with Crippen LogP contribution in [0.2, 0.25) is 13.1 Å². The van der Waals surface area contributed by atoms with Crippen LogP contribution < -0.4 is 14.9 Å². The second kappa shape index (κ2) is 14.7. The number of hydrogen-bond acceptors (Lipinski definition) is 1. The third-order valence-corrected chi connectivity index (χ3v) is 16.7. The van der Waals surface area contributed by atoms with Crippen LogP contribution >= 0.6 is 0 Å². The predicted octanol–water partition coefficient (Wildman–Crippen LogP) is 13.3. The molecular weight excluding hydrogens is 805 g/mol. The molecule has 0 atom stereocenters. The molecule has 4 nitrogen and oxygen atoms in total. The summed E-state index contributed by atoms with van der Waals surface area (Å²) in [4.78, 5) is 4.95. The van der Waals surface area contributed by atoms with Crippen LogP contribution in [0.15, 0.2) is 200 Å². The van der Waals surface area contributed by atoms with Crippen molar-refractivity contribution in [1.82, 2.24) is 14.1 Å². The van der Waals surface area contributed by atoms with E-state index in [4.69, 9.17) is 18.7 Å². The standard InChI is InChI=1S/C60H48N4Si/c1-60(2,3)43-34-35-61-57(37-43)64-51-26-13-12-22-48(51)49-32-30-42(36-54(49)64)45-23-17-29-56-58(45)50-38-44(31-33-55(50)65(56,4)5)62-39-63(53-28-15-14-27-52(53)62)59-46(40-18-8-6-9-19-40)24-16-25-47(59)41-20-10-7-11-21-41/h6-38H,1-5H3/i6D,7D,8D,9D,10D,11D,18D,19D,20D,21D. The molecule has 0 aliphatic carbocycles. The van der Waals surface area contributed by atoms with E-state index >= 15 is 0 Å². The van der Waals surface area contributed by atoms with Crippen molar-refractivity contribution in [3.63, 3.8) is 0 Å². The molecule has 5 heteroatoms. The monoisotopic (exact) mass is 862 g/mol. The minimum atomic E-state index is -2.28. The quantitative estimate of drug-likeness (QED) is 0.0929. The highest BCUT2D eigenvalue weighted by Gasteiger charge is 2.39. The Morgan fingerprint density at radius 3 is 1.97 bits per heavy atom. The number of hydrogen-bond donors (Lipinski definition) is 0. The van der Waals surface area contributed by atoms with E-state index in [2.05, 4.69) is 136 Å². The summed E-state index contributed by atoms with van der Waals surface area (Å²) in [7, 11) is -2.28. The van der Waals surface area contributed by atoms with Crippen LogP contribution in [0.1, 0.15) is 40.0 Å². The largest absolute Gasteiger partial charge is 0.294 e. The van der Waals surface area contributed by atoms with Gasteiger partial charge in [0.15, 0.2) is 0 Å². The van der Waals surface area contributed by atoms with Crippen molar-refractivity contribution < 1.29 is 18.3 Å². The summed E-state index contributed by atoms with van der Waals surface area (Å²) in [6.07, 6.45) is 5.48. The normalized spacial score (nSPS) is 15.3. The molecule has 0 N–H and O–H groups in total. The molecule has 0 saturated carbocycles. The molecule has 12 rings (SSSR count). The van der Waals surface area contributed by atoms with Crippen molar-refractivity contribution in [1.29, 1.82) is 0 Å². The minimum Gasteiger partial charge on any atom is -0.294 e. The molecule has 1 aliphatic rings. The Labute approximate surface area is 395 Å². The zero-order valence-electron chi connectivity index (χ0n) is 46.6. The molecule has 312 valence electrons. The molecule has 1 aliphatic heterocycles. The number of pyridine rings is 1. The number of fused-ring (bicyclic) bond motifs is 7.